The molecular weight excluding hydrogens is 416 g/mol. The highest BCUT2D eigenvalue weighted by atomic mass is 32.2. The number of aromatic amines is 1. The fourth-order valence-corrected chi connectivity index (χ4v) is 3.38. The molecule has 0 spiro atoms. The number of benzene rings is 2. The quantitative estimate of drug-likeness (QED) is 0.367. The molecule has 3 rings (SSSR count). The minimum Gasteiger partial charge on any atom is -0.494 e. The van der Waals surface area contributed by atoms with Gasteiger partial charge in [-0.2, -0.15) is 0 Å². The number of hydrogen-bond acceptors (Lipinski definition) is 6. The van der Waals surface area contributed by atoms with Crippen molar-refractivity contribution >= 4 is 35.0 Å². The van der Waals surface area contributed by atoms with E-state index in [1.54, 1.807) is 55.5 Å². The number of amides is 2. The van der Waals surface area contributed by atoms with Gasteiger partial charge in [-0.3, -0.25) is 14.4 Å². The van der Waals surface area contributed by atoms with Gasteiger partial charge < -0.3 is 20.4 Å². The maximum absolute atomic E-state index is 12.4. The van der Waals surface area contributed by atoms with Gasteiger partial charge in [-0.1, -0.05) is 11.8 Å². The van der Waals surface area contributed by atoms with Gasteiger partial charge in [-0.15, -0.1) is 0 Å². The second-order valence-electron chi connectivity index (χ2n) is 6.52. The number of hydrogen-bond donors (Lipinski definition) is 3. The molecule has 8 nitrogen and oxygen atoms in total. The number of aromatic nitrogens is 2. The number of aryl methyl sites for hydroxylation is 1. The molecule has 9 heteroatoms. The van der Waals surface area contributed by atoms with Crippen LogP contribution in [-0.4, -0.2) is 34.1 Å². The number of ether oxygens (including phenoxy) is 1. The molecule has 0 aliphatic heterocycles. The molecule has 1 aromatic heterocycles. The largest absolute Gasteiger partial charge is 0.494 e. The summed E-state index contributed by atoms with van der Waals surface area (Å²) >= 11 is 1.14. The first kappa shape index (κ1) is 22.1. The van der Waals surface area contributed by atoms with E-state index in [4.69, 9.17) is 4.74 Å². The molecule has 3 aromatic rings. The van der Waals surface area contributed by atoms with Crippen molar-refractivity contribution in [1.29, 1.82) is 0 Å². The SMILES string of the molecule is CCOc1ccc(NC(=O)c2ccc(NC(=O)CSc3nc(C)cc(=O)[nH]3)cc2)cc1. The number of nitrogens with one attached hydrogen (secondary N) is 3. The minimum absolute atomic E-state index is 0.0897. The Morgan fingerprint density at radius 1 is 1.03 bits per heavy atom. The van der Waals surface area contributed by atoms with Crippen LogP contribution in [0, 0.1) is 6.92 Å². The van der Waals surface area contributed by atoms with Crippen LogP contribution in [0.2, 0.25) is 0 Å². The van der Waals surface area contributed by atoms with Crippen LogP contribution in [0.1, 0.15) is 23.0 Å². The fraction of sp³-hybridized carbons (Fsp3) is 0.182. The van der Waals surface area contributed by atoms with Gasteiger partial charge in [0.25, 0.3) is 11.5 Å². The van der Waals surface area contributed by atoms with Crippen LogP contribution in [0.3, 0.4) is 0 Å². The minimum atomic E-state index is -0.257. The number of rotatable bonds is 8. The van der Waals surface area contributed by atoms with Gasteiger partial charge in [0, 0.05) is 28.7 Å². The summed E-state index contributed by atoms with van der Waals surface area (Å²) in [4.78, 5) is 42.7. The van der Waals surface area contributed by atoms with Crippen molar-refractivity contribution in [3.8, 4) is 5.75 Å². The number of H-pyrrole nitrogens is 1. The van der Waals surface area contributed by atoms with E-state index in [1.165, 1.54) is 6.07 Å². The van der Waals surface area contributed by atoms with Crippen molar-refractivity contribution in [3.63, 3.8) is 0 Å². The van der Waals surface area contributed by atoms with Crippen LogP contribution in [0.25, 0.3) is 0 Å². The Morgan fingerprint density at radius 2 is 1.68 bits per heavy atom. The molecular formula is C22H22N4O4S. The topological polar surface area (TPSA) is 113 Å². The maximum Gasteiger partial charge on any atom is 0.255 e. The smallest absolute Gasteiger partial charge is 0.255 e. The third kappa shape index (κ3) is 6.71. The number of thioether (sulfide) groups is 1. The molecule has 0 bridgehead atoms. The van der Waals surface area contributed by atoms with Crippen LogP contribution >= 0.6 is 11.8 Å². The Hall–Kier alpha value is -3.59. The maximum atomic E-state index is 12.4. The van der Waals surface area contributed by atoms with Crippen molar-refractivity contribution in [1.82, 2.24) is 9.97 Å². The molecule has 2 amide bonds. The van der Waals surface area contributed by atoms with E-state index in [9.17, 15) is 14.4 Å². The molecule has 0 radical (unpaired) electrons. The highest BCUT2D eigenvalue weighted by molar-refractivity contribution is 7.99. The van der Waals surface area contributed by atoms with E-state index >= 15 is 0 Å². The molecule has 160 valence electrons. The van der Waals surface area contributed by atoms with Crippen molar-refractivity contribution in [2.45, 2.75) is 19.0 Å². The second kappa shape index (κ2) is 10.4. The van der Waals surface area contributed by atoms with Gasteiger partial charge in [0.15, 0.2) is 5.16 Å². The summed E-state index contributed by atoms with van der Waals surface area (Å²) in [6, 6.07) is 15.1. The van der Waals surface area contributed by atoms with Crippen molar-refractivity contribution in [2.24, 2.45) is 0 Å². The van der Waals surface area contributed by atoms with Crippen LogP contribution < -0.4 is 20.9 Å². The predicted octanol–water partition coefficient (Wildman–Crippen LogP) is 3.46. The second-order valence-corrected chi connectivity index (χ2v) is 7.48. The molecule has 0 unspecified atom stereocenters. The Bertz CT molecular complexity index is 1110. The Kier molecular flexibility index (Phi) is 7.45. The molecule has 2 aromatic carbocycles. The first-order valence-corrected chi connectivity index (χ1v) is 10.6. The van der Waals surface area contributed by atoms with Gasteiger partial charge in [-0.05, 0) is 62.4 Å². The van der Waals surface area contributed by atoms with E-state index in [-0.39, 0.29) is 23.1 Å². The Labute approximate surface area is 183 Å². The molecule has 3 N–H and O–H groups in total. The van der Waals surface area contributed by atoms with E-state index in [0.29, 0.717) is 34.4 Å². The number of anilines is 2. The van der Waals surface area contributed by atoms with Gasteiger partial charge >= 0.3 is 0 Å². The molecule has 0 aliphatic carbocycles. The molecule has 0 saturated heterocycles. The lowest BCUT2D eigenvalue weighted by atomic mass is 10.2. The zero-order chi connectivity index (χ0) is 22.2. The van der Waals surface area contributed by atoms with E-state index in [0.717, 1.165) is 17.5 Å². The molecule has 31 heavy (non-hydrogen) atoms. The van der Waals surface area contributed by atoms with Crippen LogP contribution in [0.4, 0.5) is 11.4 Å². The lowest BCUT2D eigenvalue weighted by molar-refractivity contribution is -0.113. The highest BCUT2D eigenvalue weighted by Crippen LogP contribution is 2.18. The Morgan fingerprint density at radius 3 is 2.32 bits per heavy atom. The van der Waals surface area contributed by atoms with E-state index in [1.807, 2.05) is 6.92 Å². The van der Waals surface area contributed by atoms with Gasteiger partial charge in [-0.25, -0.2) is 4.98 Å². The first-order chi connectivity index (χ1) is 14.9. The van der Waals surface area contributed by atoms with E-state index in [2.05, 4.69) is 20.6 Å². The third-order valence-electron chi connectivity index (χ3n) is 4.04. The average molecular weight is 439 g/mol. The Balaban J connectivity index is 1.52. The normalized spacial score (nSPS) is 10.4. The summed E-state index contributed by atoms with van der Waals surface area (Å²) in [5.74, 6) is 0.322. The number of nitrogens with zero attached hydrogens (tertiary/aromatic N) is 1. The van der Waals surface area contributed by atoms with E-state index < -0.39 is 0 Å². The highest BCUT2D eigenvalue weighted by Gasteiger charge is 2.09. The van der Waals surface area contributed by atoms with Crippen molar-refractivity contribution in [2.75, 3.05) is 23.0 Å². The zero-order valence-corrected chi connectivity index (χ0v) is 17.9. The molecule has 0 fully saturated rings. The summed E-state index contributed by atoms with van der Waals surface area (Å²) in [5.41, 5.74) is 2.02. The predicted molar refractivity (Wildman–Crippen MR) is 121 cm³/mol. The lowest BCUT2D eigenvalue weighted by Gasteiger charge is -2.08. The van der Waals surface area contributed by atoms with Gasteiger partial charge in [0.2, 0.25) is 5.91 Å². The van der Waals surface area contributed by atoms with Crippen LogP contribution in [0.15, 0.2) is 64.5 Å². The molecule has 0 aliphatic rings. The number of carbonyl (C=O) groups is 2. The molecule has 1 heterocycles. The van der Waals surface area contributed by atoms with Crippen LogP contribution in [0.5, 0.6) is 5.75 Å². The van der Waals surface area contributed by atoms with Crippen LogP contribution in [-0.2, 0) is 4.79 Å². The van der Waals surface area contributed by atoms with Gasteiger partial charge in [0.1, 0.15) is 5.75 Å². The average Bonchev–Trinajstić information content (AvgIpc) is 2.74. The summed E-state index contributed by atoms with van der Waals surface area (Å²) in [6.07, 6.45) is 0. The third-order valence-corrected chi connectivity index (χ3v) is 4.92. The lowest BCUT2D eigenvalue weighted by Crippen LogP contribution is -2.16. The monoisotopic (exact) mass is 438 g/mol. The van der Waals surface area contributed by atoms with Gasteiger partial charge in [0.05, 0.1) is 12.4 Å². The standard InChI is InChI=1S/C22H22N4O4S/c1-3-30-18-10-8-17(9-11-18)25-21(29)15-4-6-16(7-5-15)24-20(28)13-31-22-23-14(2)12-19(27)26-22/h4-12H,3,13H2,1-2H3,(H,24,28)(H,25,29)(H,23,26,27). The summed E-state index contributed by atoms with van der Waals surface area (Å²) in [5, 5.41) is 5.95. The first-order valence-electron chi connectivity index (χ1n) is 9.58. The summed E-state index contributed by atoms with van der Waals surface area (Å²) in [6.45, 7) is 4.20. The molecule has 0 atom stereocenters. The summed E-state index contributed by atoms with van der Waals surface area (Å²) in [7, 11) is 0. The summed E-state index contributed by atoms with van der Waals surface area (Å²) < 4.78 is 5.38. The zero-order valence-electron chi connectivity index (χ0n) is 17.1. The number of carbonyl (C=O) groups excluding carboxylic acids is 2. The van der Waals surface area contributed by atoms with Crippen molar-refractivity contribution < 1.29 is 14.3 Å². The fourth-order valence-electron chi connectivity index (χ4n) is 2.66. The van der Waals surface area contributed by atoms with Crippen molar-refractivity contribution in [3.05, 3.63) is 76.2 Å². The molecule has 0 saturated carbocycles.